The summed E-state index contributed by atoms with van der Waals surface area (Å²) in [5, 5.41) is 0.188. The number of aromatic nitrogens is 1. The molecule has 0 aliphatic rings. The van der Waals surface area contributed by atoms with E-state index in [-0.39, 0.29) is 41.1 Å². The number of nitrogens with two attached hydrogens (primary N) is 1. The van der Waals surface area contributed by atoms with Gasteiger partial charge in [-0.1, -0.05) is 36.8 Å². The molecule has 2 aromatic heterocycles. The first-order chi connectivity index (χ1) is 16.5. The molecule has 10 nitrogen and oxygen atoms in total. The summed E-state index contributed by atoms with van der Waals surface area (Å²) in [6.07, 6.45) is 0. The van der Waals surface area contributed by atoms with Crippen molar-refractivity contribution < 1.29 is 32.8 Å². The lowest BCUT2D eigenvalue weighted by molar-refractivity contribution is -0.162. The Morgan fingerprint density at radius 1 is 1.00 bits per heavy atom. The monoisotopic (exact) mass is 540 g/mol. The topological polar surface area (TPSA) is 142 Å². The fourth-order valence-corrected chi connectivity index (χ4v) is 6.23. The zero-order chi connectivity index (χ0) is 27.6. The van der Waals surface area contributed by atoms with Crippen LogP contribution in [0.1, 0.15) is 72.0 Å². The van der Waals surface area contributed by atoms with Gasteiger partial charge in [0.25, 0.3) is 0 Å². The van der Waals surface area contributed by atoms with Crippen molar-refractivity contribution in [2.24, 2.45) is 5.41 Å². The lowest BCUT2D eigenvalue weighted by Crippen LogP contribution is -2.60. The standard InChI is InChI=1S/C24H34N3O7PS/c1-10-32-19(29)23(6,7)27(24(8,9)20(30)33-11-2)35(31)15-13-12-14(34-15)16-17(36-21(25)26-16)18(28)22(3,4)5/h12-13H,10-11H2,1-9H3,(H-,25,26,28)/p+1. The number of hydrogen-bond acceptors (Lipinski definition) is 10. The van der Waals surface area contributed by atoms with E-state index in [1.807, 2.05) is 0 Å². The van der Waals surface area contributed by atoms with Crippen LogP contribution in [0, 0.1) is 5.41 Å². The number of hydrogen-bond donors (Lipinski definition) is 1. The van der Waals surface area contributed by atoms with Crippen molar-refractivity contribution >= 4 is 47.6 Å². The molecule has 0 radical (unpaired) electrons. The number of carbonyl (C=O) groups excluding carboxylic acids is 3. The van der Waals surface area contributed by atoms with Gasteiger partial charge in [-0.05, 0) is 52.2 Å². The van der Waals surface area contributed by atoms with Gasteiger partial charge in [-0.25, -0.2) is 14.6 Å². The molecule has 0 saturated carbocycles. The molecule has 2 aromatic rings. The van der Waals surface area contributed by atoms with Gasteiger partial charge in [0.1, 0.15) is 10.6 Å². The number of nitrogen functional groups attached to an aromatic ring is 1. The lowest BCUT2D eigenvalue weighted by Gasteiger charge is -2.36. The maximum atomic E-state index is 13.9. The summed E-state index contributed by atoms with van der Waals surface area (Å²) in [4.78, 5) is 43.3. The van der Waals surface area contributed by atoms with Crippen LogP contribution in [0.15, 0.2) is 16.5 Å². The second-order valence-corrected chi connectivity index (χ2v) is 12.5. The molecule has 0 aliphatic carbocycles. The summed E-state index contributed by atoms with van der Waals surface area (Å²) in [6.45, 7) is 14.9. The van der Waals surface area contributed by atoms with Gasteiger partial charge >= 0.3 is 25.4 Å². The highest BCUT2D eigenvalue weighted by atomic mass is 32.1. The molecule has 0 fully saturated rings. The number of furan rings is 1. The number of rotatable bonds is 10. The Labute approximate surface area is 216 Å². The third-order valence-electron chi connectivity index (χ3n) is 5.34. The zero-order valence-electron chi connectivity index (χ0n) is 22.3. The van der Waals surface area contributed by atoms with Gasteiger partial charge in [0, 0.05) is 11.5 Å². The van der Waals surface area contributed by atoms with Crippen molar-refractivity contribution in [3.63, 3.8) is 0 Å². The van der Waals surface area contributed by atoms with Crippen molar-refractivity contribution in [3.8, 4) is 11.5 Å². The van der Waals surface area contributed by atoms with Crippen molar-refractivity contribution in [1.29, 1.82) is 0 Å². The zero-order valence-corrected chi connectivity index (χ0v) is 24.0. The molecular formula is C24H35N3O7PS+. The highest BCUT2D eigenvalue weighted by Gasteiger charge is 2.60. The van der Waals surface area contributed by atoms with E-state index in [9.17, 15) is 18.9 Å². The number of ketones is 1. The summed E-state index contributed by atoms with van der Waals surface area (Å²) in [5.41, 5.74) is 2.45. The van der Waals surface area contributed by atoms with Crippen molar-refractivity contribution in [2.75, 3.05) is 18.9 Å². The number of carbonyl (C=O) groups is 3. The molecule has 0 spiro atoms. The predicted molar refractivity (Wildman–Crippen MR) is 139 cm³/mol. The Morgan fingerprint density at radius 2 is 1.50 bits per heavy atom. The molecule has 0 amide bonds. The van der Waals surface area contributed by atoms with E-state index < -0.39 is 36.4 Å². The van der Waals surface area contributed by atoms with Crippen LogP contribution in [-0.2, 0) is 23.6 Å². The Hall–Kier alpha value is -2.62. The van der Waals surface area contributed by atoms with Crippen molar-refractivity contribution in [1.82, 2.24) is 9.65 Å². The van der Waals surface area contributed by atoms with E-state index in [4.69, 9.17) is 19.6 Å². The molecule has 36 heavy (non-hydrogen) atoms. The highest BCUT2D eigenvalue weighted by molar-refractivity contribution is 7.50. The SMILES string of the molecule is CCOC(=O)C(C)(C)N([P+](=O)c1ccc(-c2nc(N)sc2C(=O)C(C)(C)C)o1)C(C)(C)C(=O)OCC. The highest BCUT2D eigenvalue weighted by Crippen LogP contribution is 2.44. The summed E-state index contributed by atoms with van der Waals surface area (Å²) in [6, 6.07) is 2.99. The van der Waals surface area contributed by atoms with E-state index in [1.54, 1.807) is 34.6 Å². The molecule has 1 atom stereocenters. The van der Waals surface area contributed by atoms with E-state index >= 15 is 0 Å². The third-order valence-corrected chi connectivity index (χ3v) is 8.20. The molecule has 198 valence electrons. The van der Waals surface area contributed by atoms with Crippen LogP contribution in [0.3, 0.4) is 0 Å². The fourth-order valence-electron chi connectivity index (χ4n) is 3.60. The largest absolute Gasteiger partial charge is 0.515 e. The van der Waals surface area contributed by atoms with Crippen molar-refractivity contribution in [2.45, 2.75) is 73.4 Å². The number of thiazole rings is 1. The van der Waals surface area contributed by atoms with E-state index in [0.29, 0.717) is 4.88 Å². The minimum Gasteiger partial charge on any atom is -0.465 e. The van der Waals surface area contributed by atoms with Gasteiger partial charge in [-0.3, -0.25) is 4.79 Å². The van der Waals surface area contributed by atoms with Crippen LogP contribution in [0.4, 0.5) is 5.13 Å². The number of esters is 2. The first kappa shape index (κ1) is 29.6. The van der Waals surface area contributed by atoms with Crippen molar-refractivity contribution in [3.05, 3.63) is 17.0 Å². The number of anilines is 1. The summed E-state index contributed by atoms with van der Waals surface area (Å²) in [5.74, 6) is -1.30. The molecular weight excluding hydrogens is 505 g/mol. The maximum absolute atomic E-state index is 13.9. The maximum Gasteiger partial charge on any atom is 0.515 e. The second kappa shape index (κ2) is 10.8. The number of nitrogens with zero attached hydrogens (tertiary/aromatic N) is 2. The molecule has 0 bridgehead atoms. The quantitative estimate of drug-likeness (QED) is 0.259. The number of Topliss-reactive ketones (excluding diaryl/α,β-unsaturated/α-hetero) is 1. The Balaban J connectivity index is 2.60. The van der Waals surface area contributed by atoms with Gasteiger partial charge in [0.15, 0.2) is 27.8 Å². The summed E-state index contributed by atoms with van der Waals surface area (Å²) < 4.78 is 31.5. The minimum atomic E-state index is -2.64. The van der Waals surface area contributed by atoms with Crippen LogP contribution >= 0.6 is 19.3 Å². The molecule has 2 N–H and O–H groups in total. The molecule has 0 aliphatic heterocycles. The van der Waals surface area contributed by atoms with Crippen LogP contribution in [0.25, 0.3) is 11.5 Å². The fraction of sp³-hybridized carbons (Fsp3) is 0.583. The molecule has 0 saturated heterocycles. The van der Waals surface area contributed by atoms with Crippen LogP contribution in [0.2, 0.25) is 0 Å². The van der Waals surface area contributed by atoms with Crippen LogP contribution < -0.4 is 11.2 Å². The molecule has 0 aromatic carbocycles. The summed E-state index contributed by atoms with van der Waals surface area (Å²) in [7, 11) is -2.64. The minimum absolute atomic E-state index is 0.0181. The number of ether oxygens (including phenoxy) is 2. The van der Waals surface area contributed by atoms with Gasteiger partial charge < -0.3 is 19.6 Å². The average molecular weight is 541 g/mol. The van der Waals surface area contributed by atoms with Gasteiger partial charge in [0.2, 0.25) is 0 Å². The second-order valence-electron chi connectivity index (χ2n) is 10.1. The van der Waals surface area contributed by atoms with Gasteiger partial charge in [0.05, 0.1) is 13.2 Å². The van der Waals surface area contributed by atoms with Gasteiger partial charge in [-0.15, -0.1) is 0 Å². The lowest BCUT2D eigenvalue weighted by atomic mass is 9.89. The van der Waals surface area contributed by atoms with E-state index in [2.05, 4.69) is 4.98 Å². The van der Waals surface area contributed by atoms with Crippen LogP contribution in [0.5, 0.6) is 0 Å². The Kier molecular flexibility index (Phi) is 8.87. The Morgan fingerprint density at radius 3 is 1.94 bits per heavy atom. The van der Waals surface area contributed by atoms with E-state index in [1.165, 1.54) is 44.5 Å². The molecule has 2 heterocycles. The normalized spacial score (nSPS) is 13.0. The molecule has 2 rings (SSSR count). The third kappa shape index (κ3) is 5.85. The molecule has 12 heteroatoms. The van der Waals surface area contributed by atoms with E-state index in [0.717, 1.165) is 11.3 Å². The predicted octanol–water partition coefficient (Wildman–Crippen LogP) is 4.57. The Bertz CT molecular complexity index is 1130. The van der Waals surface area contributed by atoms with Gasteiger partial charge in [-0.2, -0.15) is 0 Å². The smallest absolute Gasteiger partial charge is 0.465 e. The first-order valence-electron chi connectivity index (χ1n) is 11.5. The first-order valence-corrected chi connectivity index (χ1v) is 13.6. The summed E-state index contributed by atoms with van der Waals surface area (Å²) >= 11 is 1.05. The van der Waals surface area contributed by atoms with Crippen LogP contribution in [-0.4, -0.2) is 51.7 Å². The molecule has 1 unspecified atom stereocenters. The average Bonchev–Trinajstić information content (AvgIpc) is 3.39.